The molecule has 2 aromatic carbocycles. The predicted octanol–water partition coefficient (Wildman–Crippen LogP) is 1.86. The van der Waals surface area contributed by atoms with Gasteiger partial charge in [0.05, 0.1) is 24.3 Å². The molecule has 2 heterocycles. The molecule has 6 nitrogen and oxygen atoms in total. The minimum Gasteiger partial charge on any atom is -0.378 e. The van der Waals surface area contributed by atoms with Gasteiger partial charge in [-0.05, 0) is 18.2 Å². The number of hydrogen-bond acceptors (Lipinski definition) is 4. The summed E-state index contributed by atoms with van der Waals surface area (Å²) in [6.07, 6.45) is 0. The van der Waals surface area contributed by atoms with Crippen molar-refractivity contribution < 1.29 is 9.53 Å². The molecule has 1 aliphatic heterocycles. The van der Waals surface area contributed by atoms with Crippen LogP contribution in [0.4, 0.5) is 0 Å². The maximum absolute atomic E-state index is 13.0. The molecule has 0 spiro atoms. The summed E-state index contributed by atoms with van der Waals surface area (Å²) in [7, 11) is 0. The highest BCUT2D eigenvalue weighted by Gasteiger charge is 2.23. The van der Waals surface area contributed by atoms with Gasteiger partial charge in [-0.2, -0.15) is 9.78 Å². The molecule has 126 valence electrons. The average Bonchev–Trinajstić information content (AvgIpc) is 2.69. The molecule has 6 heteroatoms. The van der Waals surface area contributed by atoms with Crippen molar-refractivity contribution in [1.29, 1.82) is 0 Å². The fourth-order valence-corrected chi connectivity index (χ4v) is 3.01. The van der Waals surface area contributed by atoms with E-state index in [0.717, 1.165) is 0 Å². The second kappa shape index (κ2) is 6.49. The van der Waals surface area contributed by atoms with Gasteiger partial charge >= 0.3 is 0 Å². The van der Waals surface area contributed by atoms with E-state index in [9.17, 15) is 9.59 Å². The Hall–Kier alpha value is -2.99. The molecule has 0 bridgehead atoms. The highest BCUT2D eigenvalue weighted by molar-refractivity contribution is 6.04. The van der Waals surface area contributed by atoms with Crippen LogP contribution < -0.4 is 5.56 Å². The van der Waals surface area contributed by atoms with Gasteiger partial charge in [-0.3, -0.25) is 9.59 Å². The Balaban J connectivity index is 1.92. The van der Waals surface area contributed by atoms with Crippen molar-refractivity contribution in [2.45, 2.75) is 0 Å². The summed E-state index contributed by atoms with van der Waals surface area (Å²) in [6, 6.07) is 16.2. The Morgan fingerprint density at radius 2 is 1.56 bits per heavy atom. The number of hydrogen-bond donors (Lipinski definition) is 0. The third-order valence-corrected chi connectivity index (χ3v) is 4.31. The van der Waals surface area contributed by atoms with Crippen LogP contribution in [-0.4, -0.2) is 46.9 Å². The molecule has 1 saturated heterocycles. The maximum atomic E-state index is 13.0. The number of carbonyl (C=O) groups is 1. The van der Waals surface area contributed by atoms with Gasteiger partial charge in [0.2, 0.25) is 0 Å². The van der Waals surface area contributed by atoms with Crippen molar-refractivity contribution in [3.63, 3.8) is 0 Å². The number of aromatic nitrogens is 2. The molecular formula is C19H17N3O3. The second-order valence-corrected chi connectivity index (χ2v) is 5.85. The summed E-state index contributed by atoms with van der Waals surface area (Å²) < 4.78 is 6.62. The Morgan fingerprint density at radius 3 is 2.28 bits per heavy atom. The smallest absolute Gasteiger partial charge is 0.279 e. The number of carbonyl (C=O) groups excluding carboxylic acids is 1. The van der Waals surface area contributed by atoms with Gasteiger partial charge in [-0.15, -0.1) is 0 Å². The largest absolute Gasteiger partial charge is 0.378 e. The lowest BCUT2D eigenvalue weighted by Crippen LogP contribution is -2.41. The molecule has 0 aliphatic carbocycles. The van der Waals surface area contributed by atoms with E-state index < -0.39 is 0 Å². The third-order valence-electron chi connectivity index (χ3n) is 4.31. The van der Waals surface area contributed by atoms with Gasteiger partial charge in [0.15, 0.2) is 5.69 Å². The first-order valence-corrected chi connectivity index (χ1v) is 8.20. The van der Waals surface area contributed by atoms with Gasteiger partial charge in [0, 0.05) is 18.5 Å². The van der Waals surface area contributed by atoms with E-state index in [2.05, 4.69) is 5.10 Å². The van der Waals surface area contributed by atoms with Crippen molar-refractivity contribution in [3.8, 4) is 5.69 Å². The molecule has 0 atom stereocenters. The predicted molar refractivity (Wildman–Crippen MR) is 94.1 cm³/mol. The summed E-state index contributed by atoms with van der Waals surface area (Å²) in [5.41, 5.74) is 0.690. The number of fused-ring (bicyclic) bond motifs is 1. The molecule has 1 aromatic heterocycles. The van der Waals surface area contributed by atoms with Crippen LogP contribution >= 0.6 is 0 Å². The van der Waals surface area contributed by atoms with Crippen molar-refractivity contribution in [2.24, 2.45) is 0 Å². The fourth-order valence-electron chi connectivity index (χ4n) is 3.01. The number of nitrogens with zero attached hydrogens (tertiary/aromatic N) is 3. The van der Waals surface area contributed by atoms with Crippen LogP contribution in [0.3, 0.4) is 0 Å². The standard InChI is InChI=1S/C19H17N3O3/c23-18-16-9-5-4-8-15(16)17(19(24)21-10-12-25-13-11-21)20-22(18)14-6-2-1-3-7-14/h1-9H,10-13H2. The van der Waals surface area contributed by atoms with Gasteiger partial charge < -0.3 is 9.64 Å². The first-order chi connectivity index (χ1) is 12.3. The lowest BCUT2D eigenvalue weighted by molar-refractivity contribution is 0.0299. The average molecular weight is 335 g/mol. The minimum atomic E-state index is -0.236. The van der Waals surface area contributed by atoms with Gasteiger partial charge in [-0.25, -0.2) is 0 Å². The van der Waals surface area contributed by atoms with Gasteiger partial charge in [0.1, 0.15) is 0 Å². The van der Waals surface area contributed by atoms with E-state index in [1.54, 1.807) is 35.2 Å². The SMILES string of the molecule is O=C(c1nn(-c2ccccc2)c(=O)c2ccccc12)N1CCOCC1. The summed E-state index contributed by atoms with van der Waals surface area (Å²) in [5, 5.41) is 5.48. The van der Waals surface area contributed by atoms with Crippen LogP contribution in [0.15, 0.2) is 59.4 Å². The first kappa shape index (κ1) is 15.5. The van der Waals surface area contributed by atoms with Crippen molar-refractivity contribution in [3.05, 3.63) is 70.6 Å². The number of rotatable bonds is 2. The van der Waals surface area contributed by atoms with Crippen LogP contribution in [0.2, 0.25) is 0 Å². The zero-order valence-electron chi connectivity index (χ0n) is 13.6. The van der Waals surface area contributed by atoms with Crippen molar-refractivity contribution in [1.82, 2.24) is 14.7 Å². The molecule has 0 unspecified atom stereocenters. The van der Waals surface area contributed by atoms with Crippen LogP contribution in [0.5, 0.6) is 0 Å². The number of amides is 1. The normalized spacial score (nSPS) is 14.6. The number of morpholine rings is 1. The van der Waals surface area contributed by atoms with E-state index in [1.807, 2.05) is 24.3 Å². The molecule has 25 heavy (non-hydrogen) atoms. The molecule has 1 fully saturated rings. The number of para-hydroxylation sites is 1. The van der Waals surface area contributed by atoms with Crippen LogP contribution in [0, 0.1) is 0 Å². The minimum absolute atomic E-state index is 0.177. The molecule has 0 N–H and O–H groups in total. The topological polar surface area (TPSA) is 64.4 Å². The number of ether oxygens (including phenoxy) is 1. The third kappa shape index (κ3) is 2.81. The van der Waals surface area contributed by atoms with E-state index in [1.165, 1.54) is 4.68 Å². The molecule has 4 rings (SSSR count). The van der Waals surface area contributed by atoms with Gasteiger partial charge in [0.25, 0.3) is 11.5 Å². The van der Waals surface area contributed by atoms with E-state index in [-0.39, 0.29) is 11.5 Å². The summed E-state index contributed by atoms with van der Waals surface area (Å²) in [5.74, 6) is -0.177. The molecule has 0 saturated carbocycles. The molecular weight excluding hydrogens is 318 g/mol. The molecule has 0 radical (unpaired) electrons. The van der Waals surface area contributed by atoms with E-state index >= 15 is 0 Å². The summed E-state index contributed by atoms with van der Waals surface area (Å²) in [4.78, 5) is 27.6. The summed E-state index contributed by atoms with van der Waals surface area (Å²) in [6.45, 7) is 2.09. The first-order valence-electron chi connectivity index (χ1n) is 8.20. The maximum Gasteiger partial charge on any atom is 0.279 e. The zero-order valence-corrected chi connectivity index (χ0v) is 13.6. The number of benzene rings is 2. The van der Waals surface area contributed by atoms with Crippen LogP contribution in [0.25, 0.3) is 16.5 Å². The Bertz CT molecular complexity index is 976. The summed E-state index contributed by atoms with van der Waals surface area (Å²) >= 11 is 0. The van der Waals surface area contributed by atoms with E-state index in [0.29, 0.717) is 48.5 Å². The zero-order chi connectivity index (χ0) is 17.2. The molecule has 1 amide bonds. The lowest BCUT2D eigenvalue weighted by atomic mass is 10.1. The lowest BCUT2D eigenvalue weighted by Gasteiger charge is -2.27. The van der Waals surface area contributed by atoms with Crippen molar-refractivity contribution >= 4 is 16.7 Å². The second-order valence-electron chi connectivity index (χ2n) is 5.85. The molecule has 3 aromatic rings. The molecule has 1 aliphatic rings. The monoisotopic (exact) mass is 335 g/mol. The fraction of sp³-hybridized carbons (Fsp3) is 0.211. The van der Waals surface area contributed by atoms with Crippen LogP contribution in [0.1, 0.15) is 10.5 Å². The Morgan fingerprint density at radius 1 is 0.920 bits per heavy atom. The van der Waals surface area contributed by atoms with Crippen molar-refractivity contribution in [2.75, 3.05) is 26.3 Å². The van der Waals surface area contributed by atoms with E-state index in [4.69, 9.17) is 4.74 Å². The Kier molecular flexibility index (Phi) is 4.03. The van der Waals surface area contributed by atoms with Crippen LogP contribution in [-0.2, 0) is 4.74 Å². The highest BCUT2D eigenvalue weighted by Crippen LogP contribution is 2.17. The van der Waals surface area contributed by atoms with Gasteiger partial charge in [-0.1, -0.05) is 36.4 Å². The Labute approximate surface area is 144 Å². The quantitative estimate of drug-likeness (QED) is 0.717. The highest BCUT2D eigenvalue weighted by atomic mass is 16.5.